The van der Waals surface area contributed by atoms with Crippen molar-refractivity contribution >= 4 is 11.5 Å². The molecule has 1 heterocycles. The number of benzene rings is 1. The van der Waals surface area contributed by atoms with Crippen molar-refractivity contribution in [2.75, 3.05) is 18.0 Å². The van der Waals surface area contributed by atoms with E-state index >= 15 is 0 Å². The summed E-state index contributed by atoms with van der Waals surface area (Å²) >= 11 is 0. The Balaban J connectivity index is 2.08. The first-order chi connectivity index (χ1) is 8.38. The first-order valence-electron chi connectivity index (χ1n) is 6.57. The molecule has 1 aromatic rings. The molecule has 0 amide bonds. The highest BCUT2D eigenvalue weighted by molar-refractivity contribution is 5.95. The summed E-state index contributed by atoms with van der Waals surface area (Å²) in [4.78, 5) is 2.43. The first kappa shape index (κ1) is 12.9. The van der Waals surface area contributed by atoms with Crippen molar-refractivity contribution in [3.8, 4) is 0 Å². The fraction of sp³-hybridized carbons (Fsp3) is 0.533. The molecule has 0 saturated carbocycles. The molecule has 0 aliphatic carbocycles. The fourth-order valence-electron chi connectivity index (χ4n) is 2.55. The molecule has 1 aromatic carbocycles. The Hall–Kier alpha value is -1.51. The standard InChI is InChI=1S/C15H23N3/c1-15(2,3)12-8-9-18(10-12)13-6-4-11(5-7-13)14(16)17/h4-7,12H,8-10H2,1-3H3,(H3,16,17). The van der Waals surface area contributed by atoms with Crippen molar-refractivity contribution < 1.29 is 0 Å². The maximum Gasteiger partial charge on any atom is 0.122 e. The summed E-state index contributed by atoms with van der Waals surface area (Å²) in [5, 5.41) is 7.39. The Kier molecular flexibility index (Phi) is 3.33. The van der Waals surface area contributed by atoms with Gasteiger partial charge in [0.05, 0.1) is 0 Å². The number of rotatable bonds is 2. The Morgan fingerprint density at radius 1 is 1.28 bits per heavy atom. The van der Waals surface area contributed by atoms with Crippen LogP contribution in [0.5, 0.6) is 0 Å². The first-order valence-corrected chi connectivity index (χ1v) is 6.57. The SMILES string of the molecule is CC(C)(C)C1CCN(c2ccc(C(=N)N)cc2)C1. The molecule has 0 aromatic heterocycles. The van der Waals surface area contributed by atoms with Crippen LogP contribution in [0.4, 0.5) is 5.69 Å². The minimum Gasteiger partial charge on any atom is -0.384 e. The molecular formula is C15H23N3. The van der Waals surface area contributed by atoms with Crippen LogP contribution < -0.4 is 10.6 Å². The second kappa shape index (κ2) is 4.63. The highest BCUT2D eigenvalue weighted by Gasteiger charge is 2.31. The van der Waals surface area contributed by atoms with Crippen LogP contribution >= 0.6 is 0 Å². The molecule has 0 radical (unpaired) electrons. The van der Waals surface area contributed by atoms with Crippen LogP contribution in [0.1, 0.15) is 32.8 Å². The van der Waals surface area contributed by atoms with Crippen molar-refractivity contribution in [3.05, 3.63) is 29.8 Å². The van der Waals surface area contributed by atoms with E-state index in [-0.39, 0.29) is 5.84 Å². The van der Waals surface area contributed by atoms with Gasteiger partial charge in [-0.1, -0.05) is 20.8 Å². The fourth-order valence-corrected chi connectivity index (χ4v) is 2.55. The van der Waals surface area contributed by atoms with Gasteiger partial charge in [-0.25, -0.2) is 0 Å². The number of hydrogen-bond donors (Lipinski definition) is 2. The Labute approximate surface area is 109 Å². The maximum atomic E-state index is 7.39. The number of nitrogens with zero attached hydrogens (tertiary/aromatic N) is 1. The van der Waals surface area contributed by atoms with E-state index in [9.17, 15) is 0 Å². The summed E-state index contributed by atoms with van der Waals surface area (Å²) in [6, 6.07) is 8.01. The summed E-state index contributed by atoms with van der Waals surface area (Å²) in [5.41, 5.74) is 7.89. The highest BCUT2D eigenvalue weighted by Crippen LogP contribution is 2.35. The van der Waals surface area contributed by atoms with Gasteiger partial charge < -0.3 is 10.6 Å². The van der Waals surface area contributed by atoms with Gasteiger partial charge in [-0.2, -0.15) is 0 Å². The number of amidine groups is 1. The molecule has 1 aliphatic rings. The molecule has 98 valence electrons. The number of nitrogen functional groups attached to an aromatic ring is 1. The van der Waals surface area contributed by atoms with Gasteiger partial charge in [0.2, 0.25) is 0 Å². The van der Waals surface area contributed by atoms with Gasteiger partial charge in [0.1, 0.15) is 5.84 Å². The molecule has 1 aliphatic heterocycles. The quantitative estimate of drug-likeness (QED) is 0.622. The summed E-state index contributed by atoms with van der Waals surface area (Å²) in [7, 11) is 0. The second-order valence-electron chi connectivity index (χ2n) is 6.26. The second-order valence-corrected chi connectivity index (χ2v) is 6.26. The van der Waals surface area contributed by atoms with Crippen LogP contribution in [-0.2, 0) is 0 Å². The predicted octanol–water partition coefficient (Wildman–Crippen LogP) is 2.84. The van der Waals surface area contributed by atoms with Crippen LogP contribution in [0.25, 0.3) is 0 Å². The number of hydrogen-bond acceptors (Lipinski definition) is 2. The van der Waals surface area contributed by atoms with Crippen molar-refractivity contribution in [1.29, 1.82) is 5.41 Å². The minimum atomic E-state index is 0.135. The smallest absolute Gasteiger partial charge is 0.122 e. The van der Waals surface area contributed by atoms with Gasteiger partial charge in [0, 0.05) is 24.3 Å². The monoisotopic (exact) mass is 245 g/mol. The third kappa shape index (κ3) is 2.66. The Bertz CT molecular complexity index is 428. The van der Waals surface area contributed by atoms with E-state index < -0.39 is 0 Å². The minimum absolute atomic E-state index is 0.135. The van der Waals surface area contributed by atoms with Crippen LogP contribution in [0.15, 0.2) is 24.3 Å². The van der Waals surface area contributed by atoms with E-state index in [0.717, 1.165) is 24.6 Å². The van der Waals surface area contributed by atoms with Crippen molar-refractivity contribution in [2.24, 2.45) is 17.1 Å². The zero-order valence-electron chi connectivity index (χ0n) is 11.5. The molecule has 0 spiro atoms. The van der Waals surface area contributed by atoms with E-state index in [0.29, 0.717) is 5.41 Å². The lowest BCUT2D eigenvalue weighted by Crippen LogP contribution is -2.25. The third-order valence-corrected chi connectivity index (χ3v) is 3.96. The third-order valence-electron chi connectivity index (χ3n) is 3.96. The molecular weight excluding hydrogens is 222 g/mol. The van der Waals surface area contributed by atoms with Gasteiger partial charge in [-0.05, 0) is 42.0 Å². The topological polar surface area (TPSA) is 53.1 Å². The highest BCUT2D eigenvalue weighted by atomic mass is 15.2. The molecule has 1 saturated heterocycles. The zero-order valence-corrected chi connectivity index (χ0v) is 11.5. The van der Waals surface area contributed by atoms with E-state index in [1.165, 1.54) is 12.1 Å². The van der Waals surface area contributed by atoms with E-state index in [1.807, 2.05) is 12.1 Å². The summed E-state index contributed by atoms with van der Waals surface area (Å²) in [6.07, 6.45) is 1.26. The molecule has 3 nitrogen and oxygen atoms in total. The largest absolute Gasteiger partial charge is 0.384 e. The molecule has 1 atom stereocenters. The number of nitrogens with one attached hydrogen (secondary N) is 1. The summed E-state index contributed by atoms with van der Waals surface area (Å²) in [5.74, 6) is 0.889. The lowest BCUT2D eigenvalue weighted by molar-refractivity contribution is 0.263. The van der Waals surface area contributed by atoms with Crippen LogP contribution in [0, 0.1) is 16.7 Å². The zero-order chi connectivity index (χ0) is 13.3. The van der Waals surface area contributed by atoms with Gasteiger partial charge in [-0.3, -0.25) is 5.41 Å². The van der Waals surface area contributed by atoms with Gasteiger partial charge in [0.15, 0.2) is 0 Å². The molecule has 1 fully saturated rings. The normalized spacial score (nSPS) is 20.2. The molecule has 18 heavy (non-hydrogen) atoms. The Morgan fingerprint density at radius 3 is 2.33 bits per heavy atom. The predicted molar refractivity (Wildman–Crippen MR) is 77.2 cm³/mol. The lowest BCUT2D eigenvalue weighted by atomic mass is 9.80. The maximum absolute atomic E-state index is 7.39. The van der Waals surface area contributed by atoms with E-state index in [1.54, 1.807) is 0 Å². The van der Waals surface area contributed by atoms with Gasteiger partial charge >= 0.3 is 0 Å². The molecule has 1 unspecified atom stereocenters. The summed E-state index contributed by atoms with van der Waals surface area (Å²) in [6.45, 7) is 9.21. The van der Waals surface area contributed by atoms with Crippen LogP contribution in [-0.4, -0.2) is 18.9 Å². The number of anilines is 1. The molecule has 3 N–H and O–H groups in total. The Morgan fingerprint density at radius 2 is 1.89 bits per heavy atom. The number of nitrogens with two attached hydrogens (primary N) is 1. The van der Waals surface area contributed by atoms with E-state index in [2.05, 4.69) is 37.8 Å². The van der Waals surface area contributed by atoms with Crippen molar-refractivity contribution in [3.63, 3.8) is 0 Å². The van der Waals surface area contributed by atoms with Crippen molar-refractivity contribution in [2.45, 2.75) is 27.2 Å². The summed E-state index contributed by atoms with van der Waals surface area (Å²) < 4.78 is 0. The molecule has 2 rings (SSSR count). The average Bonchev–Trinajstić information content (AvgIpc) is 2.78. The van der Waals surface area contributed by atoms with Crippen molar-refractivity contribution in [1.82, 2.24) is 0 Å². The van der Waals surface area contributed by atoms with Crippen LogP contribution in [0.2, 0.25) is 0 Å². The van der Waals surface area contributed by atoms with E-state index in [4.69, 9.17) is 11.1 Å². The van der Waals surface area contributed by atoms with Crippen LogP contribution in [0.3, 0.4) is 0 Å². The van der Waals surface area contributed by atoms with Gasteiger partial charge in [0.25, 0.3) is 0 Å². The average molecular weight is 245 g/mol. The molecule has 0 bridgehead atoms. The molecule has 3 heteroatoms. The lowest BCUT2D eigenvalue weighted by Gasteiger charge is -2.27. The van der Waals surface area contributed by atoms with Gasteiger partial charge in [-0.15, -0.1) is 0 Å².